The van der Waals surface area contributed by atoms with Crippen molar-refractivity contribution in [2.75, 3.05) is 0 Å². The van der Waals surface area contributed by atoms with Gasteiger partial charge in [0, 0.05) is 9.37 Å². The van der Waals surface area contributed by atoms with E-state index < -0.39 is 16.9 Å². The van der Waals surface area contributed by atoms with Crippen molar-refractivity contribution >= 4 is 27.0 Å². The van der Waals surface area contributed by atoms with Crippen molar-refractivity contribution < 1.29 is 42.7 Å². The predicted molar refractivity (Wildman–Crippen MR) is 41.3 cm³/mol. The first-order chi connectivity index (χ1) is 5.11. The van der Waals surface area contributed by atoms with Crippen LogP contribution in [0.1, 0.15) is 0 Å². The summed E-state index contributed by atoms with van der Waals surface area (Å²) in [4.78, 5) is -0.0648. The normalized spacial score (nSPS) is 11.9. The molecule has 0 aliphatic carbocycles. The summed E-state index contributed by atoms with van der Waals surface area (Å²) in [5.41, 5.74) is 0. The molecule has 0 N–H and O–H groups in total. The Labute approximate surface area is 102 Å². The van der Waals surface area contributed by atoms with Gasteiger partial charge in [0.15, 0.2) is 0 Å². The Balaban J connectivity index is 0.00000121. The minimum absolute atomic E-state index is 0. The first-order valence-corrected chi connectivity index (χ1v) is 4.52. The summed E-state index contributed by atoms with van der Waals surface area (Å²) in [7, 11) is 0. The maximum atomic E-state index is 12.4. The average molecular weight is 261 g/mol. The zero-order valence-corrected chi connectivity index (χ0v) is 10.6. The van der Waals surface area contributed by atoms with Gasteiger partial charge in [-0.3, -0.25) is 4.21 Å². The van der Waals surface area contributed by atoms with Gasteiger partial charge in [0.2, 0.25) is 0 Å². The Bertz CT molecular complexity index is 308. The van der Waals surface area contributed by atoms with Gasteiger partial charge in [-0.2, -0.15) is 0 Å². The van der Waals surface area contributed by atoms with Crippen LogP contribution in [0.4, 0.5) is 4.39 Å². The van der Waals surface area contributed by atoms with Crippen molar-refractivity contribution in [1.29, 1.82) is 0 Å². The van der Waals surface area contributed by atoms with Crippen molar-refractivity contribution in [2.45, 2.75) is 4.90 Å². The van der Waals surface area contributed by atoms with E-state index in [2.05, 4.69) is 15.9 Å². The minimum Gasteiger partial charge on any atom is -0.768 e. The van der Waals surface area contributed by atoms with E-state index in [0.29, 0.717) is 4.47 Å². The first-order valence-electron chi connectivity index (χ1n) is 2.65. The van der Waals surface area contributed by atoms with Gasteiger partial charge in [-0.1, -0.05) is 0 Å². The summed E-state index contributed by atoms with van der Waals surface area (Å²) < 4.78 is 33.5. The first kappa shape index (κ1) is 12.7. The van der Waals surface area contributed by atoms with Gasteiger partial charge in [-0.05, 0) is 45.2 Å². The third-order valence-electron chi connectivity index (χ3n) is 1.07. The molecule has 0 saturated heterocycles. The third-order valence-corrected chi connectivity index (χ3v) is 2.72. The molecule has 1 unspecified atom stereocenters. The summed E-state index contributed by atoms with van der Waals surface area (Å²) >= 11 is 0.584. The molecular formula is C6H3BrFNaO2S. The monoisotopic (exact) mass is 260 g/mol. The molecule has 2 nitrogen and oxygen atoms in total. The third kappa shape index (κ3) is 3.24. The Morgan fingerprint density at radius 3 is 2.50 bits per heavy atom. The number of benzene rings is 1. The van der Waals surface area contributed by atoms with E-state index in [0.717, 1.165) is 6.07 Å². The molecule has 1 aromatic rings. The van der Waals surface area contributed by atoms with Gasteiger partial charge >= 0.3 is 29.6 Å². The maximum absolute atomic E-state index is 12.4. The number of halogens is 2. The second-order valence-electron chi connectivity index (χ2n) is 1.81. The molecule has 60 valence electrons. The average Bonchev–Trinajstić information content (AvgIpc) is 1.94. The SMILES string of the molecule is O=S([O-])c1cc(F)ccc1Br.[Na+]. The summed E-state index contributed by atoms with van der Waals surface area (Å²) in [5, 5.41) is 0. The van der Waals surface area contributed by atoms with Crippen molar-refractivity contribution in [2.24, 2.45) is 0 Å². The molecule has 0 aliphatic rings. The smallest absolute Gasteiger partial charge is 0.768 e. The molecule has 0 radical (unpaired) electrons. The minimum atomic E-state index is -2.39. The molecule has 12 heavy (non-hydrogen) atoms. The molecule has 0 amide bonds. The quantitative estimate of drug-likeness (QED) is 0.472. The van der Waals surface area contributed by atoms with Crippen LogP contribution < -0.4 is 29.6 Å². The fraction of sp³-hybridized carbons (Fsp3) is 0. The van der Waals surface area contributed by atoms with E-state index in [4.69, 9.17) is 0 Å². The number of rotatable bonds is 1. The summed E-state index contributed by atoms with van der Waals surface area (Å²) in [5.74, 6) is -0.563. The van der Waals surface area contributed by atoms with E-state index in [1.165, 1.54) is 12.1 Å². The van der Waals surface area contributed by atoms with Gasteiger partial charge in [-0.25, -0.2) is 4.39 Å². The molecule has 0 aliphatic heterocycles. The Hall–Kier alpha value is 0.740. The second-order valence-corrected chi connectivity index (χ2v) is 3.57. The van der Waals surface area contributed by atoms with E-state index in [9.17, 15) is 13.2 Å². The molecule has 0 aromatic heterocycles. The predicted octanol–water partition coefficient (Wildman–Crippen LogP) is -1.17. The van der Waals surface area contributed by atoms with Gasteiger partial charge < -0.3 is 4.55 Å². The van der Waals surface area contributed by atoms with Crippen LogP contribution in [0.15, 0.2) is 27.6 Å². The largest absolute Gasteiger partial charge is 1.00 e. The van der Waals surface area contributed by atoms with E-state index in [1.54, 1.807) is 0 Å². The summed E-state index contributed by atoms with van der Waals surface area (Å²) in [6.45, 7) is 0. The van der Waals surface area contributed by atoms with E-state index in [1.807, 2.05) is 0 Å². The summed E-state index contributed by atoms with van der Waals surface area (Å²) in [6, 6.07) is 3.48. The molecule has 0 fully saturated rings. The van der Waals surface area contributed by atoms with Crippen molar-refractivity contribution in [3.8, 4) is 0 Å². The van der Waals surface area contributed by atoms with Crippen LogP contribution >= 0.6 is 15.9 Å². The van der Waals surface area contributed by atoms with Crippen LogP contribution in [-0.4, -0.2) is 8.76 Å². The zero-order valence-electron chi connectivity index (χ0n) is 6.21. The van der Waals surface area contributed by atoms with Crippen LogP contribution in [-0.2, 0) is 11.1 Å². The molecule has 6 heteroatoms. The molecule has 0 heterocycles. The van der Waals surface area contributed by atoms with Crippen molar-refractivity contribution in [3.05, 3.63) is 28.5 Å². The van der Waals surface area contributed by atoms with E-state index >= 15 is 0 Å². The van der Waals surface area contributed by atoms with Crippen LogP contribution in [0.5, 0.6) is 0 Å². The molecule has 1 aromatic carbocycles. The fourth-order valence-corrected chi connectivity index (χ4v) is 1.68. The fourth-order valence-electron chi connectivity index (χ4n) is 0.605. The van der Waals surface area contributed by atoms with Crippen molar-refractivity contribution in [3.63, 3.8) is 0 Å². The standard InChI is InChI=1S/C6H4BrFO2S.Na/c7-5-2-1-4(8)3-6(5)11(9)10;/h1-3H,(H,9,10);/q;+1/p-1. The topological polar surface area (TPSA) is 40.1 Å². The Morgan fingerprint density at radius 1 is 1.50 bits per heavy atom. The van der Waals surface area contributed by atoms with Gasteiger partial charge in [0.25, 0.3) is 0 Å². The Kier molecular flexibility index (Phi) is 5.80. The number of hydrogen-bond donors (Lipinski definition) is 0. The molecule has 0 bridgehead atoms. The van der Waals surface area contributed by atoms with Gasteiger partial charge in [-0.15, -0.1) is 0 Å². The Morgan fingerprint density at radius 2 is 2.08 bits per heavy atom. The zero-order chi connectivity index (χ0) is 8.43. The molecule has 0 spiro atoms. The molecule has 1 atom stereocenters. The van der Waals surface area contributed by atoms with Crippen LogP contribution in [0.3, 0.4) is 0 Å². The molecule has 1 rings (SSSR count). The maximum Gasteiger partial charge on any atom is 1.00 e. The van der Waals surface area contributed by atoms with Crippen LogP contribution in [0, 0.1) is 5.82 Å². The van der Waals surface area contributed by atoms with Crippen LogP contribution in [0.2, 0.25) is 0 Å². The van der Waals surface area contributed by atoms with Gasteiger partial charge in [0.05, 0.1) is 0 Å². The van der Waals surface area contributed by atoms with E-state index in [-0.39, 0.29) is 34.5 Å². The van der Waals surface area contributed by atoms with Crippen molar-refractivity contribution in [1.82, 2.24) is 0 Å². The van der Waals surface area contributed by atoms with Crippen LogP contribution in [0.25, 0.3) is 0 Å². The summed E-state index contributed by atoms with van der Waals surface area (Å²) in [6.07, 6.45) is 0. The molecule has 0 saturated carbocycles. The number of hydrogen-bond acceptors (Lipinski definition) is 2. The molecular weight excluding hydrogens is 258 g/mol. The second kappa shape index (κ2) is 5.47. The van der Waals surface area contributed by atoms with Gasteiger partial charge in [0.1, 0.15) is 5.82 Å².